The number of oxime groups is 1. The van der Waals surface area contributed by atoms with Crippen molar-refractivity contribution in [2.75, 3.05) is 7.11 Å². The van der Waals surface area contributed by atoms with Crippen molar-refractivity contribution in [1.82, 2.24) is 0 Å². The van der Waals surface area contributed by atoms with Crippen molar-refractivity contribution in [2.24, 2.45) is 11.1 Å². The zero-order chi connectivity index (χ0) is 12.8. The van der Waals surface area contributed by atoms with Crippen LogP contribution in [-0.4, -0.2) is 23.8 Å². The highest BCUT2D eigenvalue weighted by Gasteiger charge is 2.16. The number of methoxy groups -OCH3 is 1. The topological polar surface area (TPSA) is 58.9 Å². The summed E-state index contributed by atoms with van der Waals surface area (Å²) in [6.45, 7) is 3.93. The molecule has 0 heterocycles. The number of hydrogen-bond acceptors (Lipinski definition) is 4. The van der Waals surface area contributed by atoms with Crippen LogP contribution in [0.4, 0.5) is 0 Å². The molecule has 0 aliphatic rings. The number of ether oxygens (including phenoxy) is 1. The van der Waals surface area contributed by atoms with E-state index in [0.29, 0.717) is 17.7 Å². The maximum absolute atomic E-state index is 12.0. The van der Waals surface area contributed by atoms with Crippen LogP contribution < -0.4 is 4.74 Å². The van der Waals surface area contributed by atoms with Crippen molar-refractivity contribution < 1.29 is 14.7 Å². The van der Waals surface area contributed by atoms with Gasteiger partial charge in [-0.25, -0.2) is 0 Å². The third kappa shape index (κ3) is 3.59. The van der Waals surface area contributed by atoms with Crippen molar-refractivity contribution in [3.05, 3.63) is 29.8 Å². The maximum Gasteiger partial charge on any atom is 0.210 e. The molecule has 1 rings (SSSR count). The van der Waals surface area contributed by atoms with Crippen LogP contribution in [0.15, 0.2) is 29.4 Å². The lowest BCUT2D eigenvalue weighted by atomic mass is 9.99. The van der Waals surface area contributed by atoms with Crippen LogP contribution in [0.3, 0.4) is 0 Å². The molecule has 0 saturated carbocycles. The second-order valence-electron chi connectivity index (χ2n) is 4.20. The van der Waals surface area contributed by atoms with Crippen LogP contribution in [0.25, 0.3) is 0 Å². The van der Waals surface area contributed by atoms with Gasteiger partial charge in [-0.3, -0.25) is 4.79 Å². The van der Waals surface area contributed by atoms with Gasteiger partial charge in [-0.2, -0.15) is 0 Å². The van der Waals surface area contributed by atoms with Gasteiger partial charge in [-0.15, -0.1) is 0 Å². The minimum atomic E-state index is -0.246. The van der Waals surface area contributed by atoms with Gasteiger partial charge in [0.05, 0.1) is 7.11 Å². The standard InChI is InChI=1S/C13H17NO3/c1-9(2)8-12(14-16)13(15)10-4-6-11(17-3)7-5-10/h4-7,9,16H,8H2,1-3H3. The molecule has 92 valence electrons. The van der Waals surface area contributed by atoms with E-state index in [0.717, 1.165) is 0 Å². The zero-order valence-corrected chi connectivity index (χ0v) is 10.3. The van der Waals surface area contributed by atoms with Crippen molar-refractivity contribution in [3.8, 4) is 5.75 Å². The first-order valence-corrected chi connectivity index (χ1v) is 5.48. The van der Waals surface area contributed by atoms with Gasteiger partial charge in [0.2, 0.25) is 5.78 Å². The molecule has 0 aliphatic heterocycles. The molecule has 1 aromatic carbocycles. The molecule has 0 bridgehead atoms. The van der Waals surface area contributed by atoms with Gasteiger partial charge in [-0.05, 0) is 36.6 Å². The summed E-state index contributed by atoms with van der Waals surface area (Å²) in [6.07, 6.45) is 0.460. The molecule has 0 aliphatic carbocycles. The molecule has 0 unspecified atom stereocenters. The number of benzene rings is 1. The van der Waals surface area contributed by atoms with Gasteiger partial charge in [0, 0.05) is 5.56 Å². The molecule has 17 heavy (non-hydrogen) atoms. The minimum absolute atomic E-state index is 0.185. The summed E-state index contributed by atoms with van der Waals surface area (Å²) in [4.78, 5) is 12.0. The highest BCUT2D eigenvalue weighted by molar-refractivity contribution is 6.45. The fourth-order valence-corrected chi connectivity index (χ4v) is 1.47. The van der Waals surface area contributed by atoms with E-state index in [1.807, 2.05) is 13.8 Å². The maximum atomic E-state index is 12.0. The SMILES string of the molecule is COc1ccc(C(=O)C(CC(C)C)=NO)cc1. The van der Waals surface area contributed by atoms with E-state index in [-0.39, 0.29) is 17.4 Å². The number of ketones is 1. The lowest BCUT2D eigenvalue weighted by Crippen LogP contribution is -2.16. The summed E-state index contributed by atoms with van der Waals surface area (Å²) in [5.74, 6) is 0.708. The van der Waals surface area contributed by atoms with Crippen LogP contribution in [0, 0.1) is 5.92 Å². The lowest BCUT2D eigenvalue weighted by Gasteiger charge is -2.07. The zero-order valence-electron chi connectivity index (χ0n) is 10.3. The monoisotopic (exact) mass is 235 g/mol. The summed E-state index contributed by atoms with van der Waals surface area (Å²) in [7, 11) is 1.57. The van der Waals surface area contributed by atoms with E-state index < -0.39 is 0 Å². The van der Waals surface area contributed by atoms with Crippen LogP contribution in [0.2, 0.25) is 0 Å². The van der Waals surface area contributed by atoms with Gasteiger partial charge < -0.3 is 9.94 Å². The van der Waals surface area contributed by atoms with Crippen molar-refractivity contribution in [1.29, 1.82) is 0 Å². The number of rotatable bonds is 5. The summed E-state index contributed by atoms with van der Waals surface area (Å²) >= 11 is 0. The molecular formula is C13H17NO3. The molecule has 1 aromatic rings. The fraction of sp³-hybridized carbons (Fsp3) is 0.385. The number of carbonyl (C=O) groups is 1. The largest absolute Gasteiger partial charge is 0.497 e. The Kier molecular flexibility index (Phi) is 4.69. The first-order valence-electron chi connectivity index (χ1n) is 5.48. The smallest absolute Gasteiger partial charge is 0.210 e. The summed E-state index contributed by atoms with van der Waals surface area (Å²) in [5, 5.41) is 11.9. The van der Waals surface area contributed by atoms with Crippen molar-refractivity contribution >= 4 is 11.5 Å². The molecule has 0 aromatic heterocycles. The first-order chi connectivity index (χ1) is 8.08. The Bertz CT molecular complexity index is 407. The number of Topliss-reactive ketones (excluding diaryl/α,β-unsaturated/α-hetero) is 1. The van der Waals surface area contributed by atoms with Gasteiger partial charge >= 0.3 is 0 Å². The van der Waals surface area contributed by atoms with Crippen molar-refractivity contribution in [3.63, 3.8) is 0 Å². The molecule has 4 nitrogen and oxygen atoms in total. The molecule has 1 N–H and O–H groups in total. The van der Waals surface area contributed by atoms with Crippen LogP contribution in [-0.2, 0) is 0 Å². The van der Waals surface area contributed by atoms with E-state index in [9.17, 15) is 4.79 Å². The van der Waals surface area contributed by atoms with E-state index in [2.05, 4.69) is 5.16 Å². The van der Waals surface area contributed by atoms with Crippen LogP contribution in [0.5, 0.6) is 5.75 Å². The van der Waals surface area contributed by atoms with E-state index in [4.69, 9.17) is 9.94 Å². The predicted molar refractivity (Wildman–Crippen MR) is 66.0 cm³/mol. The Morgan fingerprint density at radius 1 is 1.35 bits per heavy atom. The Morgan fingerprint density at radius 2 is 1.94 bits per heavy atom. The Hall–Kier alpha value is -1.84. The average Bonchev–Trinajstić information content (AvgIpc) is 2.35. The normalized spacial score (nSPS) is 11.6. The van der Waals surface area contributed by atoms with Gasteiger partial charge in [0.25, 0.3) is 0 Å². The summed E-state index contributed by atoms with van der Waals surface area (Å²) in [6, 6.07) is 6.73. The van der Waals surface area contributed by atoms with E-state index >= 15 is 0 Å². The molecule has 0 spiro atoms. The Labute approximate surface area is 101 Å². The summed E-state index contributed by atoms with van der Waals surface area (Å²) < 4.78 is 5.01. The van der Waals surface area contributed by atoms with Crippen LogP contribution in [0.1, 0.15) is 30.6 Å². The third-order valence-electron chi connectivity index (χ3n) is 2.34. The molecule has 0 amide bonds. The fourth-order valence-electron chi connectivity index (χ4n) is 1.47. The molecule has 0 radical (unpaired) electrons. The molecule has 4 heteroatoms. The van der Waals surface area contributed by atoms with Gasteiger partial charge in [0.1, 0.15) is 11.5 Å². The lowest BCUT2D eigenvalue weighted by molar-refractivity contribution is 0.105. The second-order valence-corrected chi connectivity index (χ2v) is 4.20. The first kappa shape index (κ1) is 13.2. The highest BCUT2D eigenvalue weighted by atomic mass is 16.5. The quantitative estimate of drug-likeness (QED) is 0.369. The Balaban J connectivity index is 2.87. The van der Waals surface area contributed by atoms with Crippen molar-refractivity contribution in [2.45, 2.75) is 20.3 Å². The third-order valence-corrected chi connectivity index (χ3v) is 2.34. The molecule has 0 atom stereocenters. The van der Waals surface area contributed by atoms with E-state index in [1.165, 1.54) is 0 Å². The Morgan fingerprint density at radius 3 is 2.35 bits per heavy atom. The van der Waals surface area contributed by atoms with E-state index in [1.54, 1.807) is 31.4 Å². The molecule has 0 saturated heterocycles. The van der Waals surface area contributed by atoms with Gasteiger partial charge in [0.15, 0.2) is 0 Å². The molecular weight excluding hydrogens is 218 g/mol. The predicted octanol–water partition coefficient (Wildman–Crippen LogP) is 2.75. The average molecular weight is 235 g/mol. The highest BCUT2D eigenvalue weighted by Crippen LogP contribution is 2.14. The second kappa shape index (κ2) is 6.03. The summed E-state index contributed by atoms with van der Waals surface area (Å²) in [5.41, 5.74) is 0.685. The number of hydrogen-bond donors (Lipinski definition) is 1. The minimum Gasteiger partial charge on any atom is -0.497 e. The molecule has 0 fully saturated rings. The number of carbonyl (C=O) groups excluding carboxylic acids is 1. The number of nitrogens with zero attached hydrogens (tertiary/aromatic N) is 1. The van der Waals surface area contributed by atoms with Gasteiger partial charge in [-0.1, -0.05) is 19.0 Å². The van der Waals surface area contributed by atoms with Crippen LogP contribution >= 0.6 is 0 Å².